The van der Waals surface area contributed by atoms with E-state index in [1.54, 1.807) is 0 Å². The Labute approximate surface area is 173 Å². The molecule has 1 unspecified atom stereocenters. The highest BCUT2D eigenvalue weighted by Crippen LogP contribution is 2.37. The third-order valence-corrected chi connectivity index (χ3v) is 6.40. The summed E-state index contributed by atoms with van der Waals surface area (Å²) < 4.78 is 82.8. The van der Waals surface area contributed by atoms with E-state index in [4.69, 9.17) is 10.00 Å². The second-order valence-electron chi connectivity index (χ2n) is 6.79. The Balaban J connectivity index is 1.97. The van der Waals surface area contributed by atoms with Crippen LogP contribution < -0.4 is 4.90 Å². The van der Waals surface area contributed by atoms with Gasteiger partial charge < -0.3 is 4.74 Å². The fourth-order valence-corrected chi connectivity index (χ4v) is 4.63. The topological polar surface area (TPSA) is 105 Å². The minimum atomic E-state index is -4.94. The van der Waals surface area contributed by atoms with Crippen molar-refractivity contribution >= 4 is 27.5 Å². The number of benzene rings is 2. The fraction of sp³-hybridized carbons (Fsp3) is 0.211. The first kappa shape index (κ1) is 22.2. The number of hydrogen-bond donors (Lipinski definition) is 0. The molecule has 7 nitrogen and oxygen atoms in total. The number of imide groups is 1. The molecule has 0 N–H and O–H groups in total. The van der Waals surface area contributed by atoms with Gasteiger partial charge in [0, 0.05) is 0 Å². The minimum absolute atomic E-state index is 0.274. The van der Waals surface area contributed by atoms with Gasteiger partial charge in [-0.3, -0.25) is 4.79 Å². The zero-order valence-corrected chi connectivity index (χ0v) is 16.4. The molecule has 31 heavy (non-hydrogen) atoms. The van der Waals surface area contributed by atoms with Crippen molar-refractivity contribution in [2.24, 2.45) is 0 Å². The summed E-state index contributed by atoms with van der Waals surface area (Å²) in [5, 5.41) is 8.87. The van der Waals surface area contributed by atoms with Gasteiger partial charge in [0.15, 0.2) is 9.84 Å². The Hall–Kier alpha value is -3.46. The largest absolute Gasteiger partial charge is 0.431 e. The van der Waals surface area contributed by atoms with Crippen LogP contribution in [0.25, 0.3) is 0 Å². The maximum Gasteiger partial charge on any atom is 0.422 e. The predicted octanol–water partition coefficient (Wildman–Crippen LogP) is 3.43. The van der Waals surface area contributed by atoms with Crippen molar-refractivity contribution in [3.63, 3.8) is 0 Å². The molecule has 3 rings (SSSR count). The molecule has 1 heterocycles. The monoisotopic (exact) mass is 456 g/mol. The Morgan fingerprint density at radius 3 is 2.29 bits per heavy atom. The van der Waals surface area contributed by atoms with Gasteiger partial charge in [-0.05, 0) is 49.4 Å². The number of hydrogen-bond acceptors (Lipinski definition) is 6. The molecule has 0 saturated carbocycles. The molecule has 0 aromatic heterocycles. The van der Waals surface area contributed by atoms with Gasteiger partial charge in [-0.15, -0.1) is 0 Å². The van der Waals surface area contributed by atoms with Gasteiger partial charge in [-0.2, -0.15) is 18.4 Å². The number of sulfone groups is 1. The summed E-state index contributed by atoms with van der Waals surface area (Å²) in [6, 6.07) is 7.21. The second kappa shape index (κ2) is 7.35. The SMILES string of the molecule is CC1(CS(=O)(=O)c2ccc(F)cc2)OC(=O)N(c2ccc(C#N)c(C(F)(F)F)c2)C1=O. The number of rotatable bonds is 4. The van der Waals surface area contributed by atoms with Gasteiger partial charge in [-0.1, -0.05) is 0 Å². The van der Waals surface area contributed by atoms with E-state index in [1.165, 1.54) is 6.07 Å². The molecule has 1 aliphatic rings. The molecule has 162 valence electrons. The summed E-state index contributed by atoms with van der Waals surface area (Å²) in [4.78, 5) is 25.0. The number of anilines is 1. The number of cyclic esters (lactones) is 1. The minimum Gasteiger partial charge on any atom is -0.431 e. The normalized spacial score (nSPS) is 19.3. The van der Waals surface area contributed by atoms with Crippen LogP contribution >= 0.6 is 0 Å². The average Bonchev–Trinajstić information content (AvgIpc) is 2.88. The van der Waals surface area contributed by atoms with Crippen molar-refractivity contribution in [2.45, 2.75) is 23.6 Å². The summed E-state index contributed by atoms with van der Waals surface area (Å²) in [6.45, 7) is 1.00. The van der Waals surface area contributed by atoms with Crippen LogP contribution in [0, 0.1) is 17.1 Å². The number of alkyl halides is 3. The van der Waals surface area contributed by atoms with Crippen molar-refractivity contribution in [3.05, 3.63) is 59.4 Å². The van der Waals surface area contributed by atoms with E-state index in [1.807, 2.05) is 0 Å². The molecule has 0 bridgehead atoms. The lowest BCUT2D eigenvalue weighted by atomic mass is 10.1. The lowest BCUT2D eigenvalue weighted by molar-refractivity contribution is -0.137. The van der Waals surface area contributed by atoms with Gasteiger partial charge in [0.2, 0.25) is 5.60 Å². The molecule has 2 amide bonds. The van der Waals surface area contributed by atoms with E-state index >= 15 is 0 Å². The van der Waals surface area contributed by atoms with Crippen molar-refractivity contribution in [1.82, 2.24) is 0 Å². The second-order valence-corrected chi connectivity index (χ2v) is 8.78. The van der Waals surface area contributed by atoms with E-state index in [9.17, 15) is 35.6 Å². The number of carbonyl (C=O) groups is 2. The lowest BCUT2D eigenvalue weighted by Gasteiger charge is -2.20. The van der Waals surface area contributed by atoms with Crippen LogP contribution in [0.5, 0.6) is 0 Å². The smallest absolute Gasteiger partial charge is 0.422 e. The quantitative estimate of drug-likeness (QED) is 0.516. The fourth-order valence-electron chi connectivity index (χ4n) is 3.01. The highest BCUT2D eigenvalue weighted by atomic mass is 32.2. The van der Waals surface area contributed by atoms with Gasteiger partial charge in [0.1, 0.15) is 11.6 Å². The van der Waals surface area contributed by atoms with Crippen LogP contribution in [0.3, 0.4) is 0 Å². The maximum absolute atomic E-state index is 13.2. The van der Waals surface area contributed by atoms with Crippen LogP contribution in [0.2, 0.25) is 0 Å². The van der Waals surface area contributed by atoms with Gasteiger partial charge in [0.25, 0.3) is 5.91 Å². The van der Waals surface area contributed by atoms with Gasteiger partial charge in [0.05, 0.1) is 27.8 Å². The zero-order valence-electron chi connectivity index (χ0n) is 15.6. The molecule has 1 fully saturated rings. The molecule has 0 aliphatic carbocycles. The first-order valence-corrected chi connectivity index (χ1v) is 10.1. The number of carbonyl (C=O) groups excluding carboxylic acids is 2. The number of nitriles is 1. The predicted molar refractivity (Wildman–Crippen MR) is 97.0 cm³/mol. The van der Waals surface area contributed by atoms with Crippen molar-refractivity contribution in [1.29, 1.82) is 5.26 Å². The number of ether oxygens (including phenoxy) is 1. The Bertz CT molecular complexity index is 1220. The van der Waals surface area contributed by atoms with Crippen LogP contribution in [0.15, 0.2) is 47.4 Å². The molecule has 1 saturated heterocycles. The first-order valence-electron chi connectivity index (χ1n) is 8.46. The van der Waals surface area contributed by atoms with Crippen molar-refractivity contribution in [3.8, 4) is 6.07 Å². The standard InChI is InChI=1S/C19H12F4N2O5S/c1-18(10-31(28,29)14-6-3-12(20)4-7-14)16(26)25(17(27)30-18)13-5-2-11(9-24)15(8-13)19(21,22)23/h2-8H,10H2,1H3. The summed E-state index contributed by atoms with van der Waals surface area (Å²) in [5.41, 5.74) is -4.88. The molecule has 1 aliphatic heterocycles. The molecule has 0 spiro atoms. The van der Waals surface area contributed by atoms with Gasteiger partial charge in [-0.25, -0.2) is 22.5 Å². The lowest BCUT2D eigenvalue weighted by Crippen LogP contribution is -2.44. The Morgan fingerprint density at radius 1 is 1.13 bits per heavy atom. The highest BCUT2D eigenvalue weighted by molar-refractivity contribution is 7.91. The van der Waals surface area contributed by atoms with E-state index in [0.29, 0.717) is 6.07 Å². The van der Waals surface area contributed by atoms with E-state index in [2.05, 4.69) is 0 Å². The summed E-state index contributed by atoms with van der Waals surface area (Å²) >= 11 is 0. The third-order valence-electron chi connectivity index (χ3n) is 4.48. The molecule has 12 heteroatoms. The molecular formula is C19H12F4N2O5S. The van der Waals surface area contributed by atoms with E-state index in [0.717, 1.165) is 43.3 Å². The molecular weight excluding hydrogens is 444 g/mol. The highest BCUT2D eigenvalue weighted by Gasteiger charge is 2.54. The van der Waals surface area contributed by atoms with Crippen LogP contribution in [0.4, 0.5) is 28.0 Å². The number of nitrogens with zero attached hydrogens (tertiary/aromatic N) is 2. The average molecular weight is 456 g/mol. The first-order chi connectivity index (χ1) is 14.3. The maximum atomic E-state index is 13.2. The zero-order chi connectivity index (χ0) is 23.2. The van der Waals surface area contributed by atoms with E-state index < -0.39 is 62.0 Å². The Morgan fingerprint density at radius 2 is 1.74 bits per heavy atom. The van der Waals surface area contributed by atoms with Crippen molar-refractivity contribution in [2.75, 3.05) is 10.7 Å². The summed E-state index contributed by atoms with van der Waals surface area (Å²) in [7, 11) is -4.24. The molecule has 0 radical (unpaired) electrons. The van der Waals surface area contributed by atoms with E-state index in [-0.39, 0.29) is 9.80 Å². The van der Waals surface area contributed by atoms with Crippen LogP contribution in [-0.4, -0.2) is 31.8 Å². The third kappa shape index (κ3) is 4.09. The van der Waals surface area contributed by atoms with Gasteiger partial charge >= 0.3 is 12.3 Å². The van der Waals surface area contributed by atoms with Crippen LogP contribution in [-0.2, 0) is 25.5 Å². The number of halogens is 4. The Kier molecular flexibility index (Phi) is 5.27. The van der Waals surface area contributed by atoms with Crippen molar-refractivity contribution < 1.29 is 40.3 Å². The summed E-state index contributed by atoms with van der Waals surface area (Å²) in [6.07, 6.45) is -6.32. The van der Waals surface area contributed by atoms with Crippen LogP contribution in [0.1, 0.15) is 18.1 Å². The molecule has 2 aromatic carbocycles. The molecule has 1 atom stereocenters. The number of amides is 2. The summed E-state index contributed by atoms with van der Waals surface area (Å²) in [5.74, 6) is -2.92. The molecule has 2 aromatic rings.